The van der Waals surface area contributed by atoms with Crippen molar-refractivity contribution in [3.05, 3.63) is 35.9 Å². The Hall–Kier alpha value is -1.03. The standard InChI is InChI=1S/C15H20F3N/c1-2-19-14(8-9-15(16,17)18)13-10-12(13)11-6-4-3-5-7-11/h3-7,12-14,19H,2,8-10H2,1H3. The first-order chi connectivity index (χ1) is 9.01. The zero-order valence-corrected chi connectivity index (χ0v) is 11.1. The second-order valence-corrected chi connectivity index (χ2v) is 5.23. The molecule has 19 heavy (non-hydrogen) atoms. The highest BCUT2D eigenvalue weighted by Gasteiger charge is 2.44. The van der Waals surface area contributed by atoms with Crippen LogP contribution in [-0.2, 0) is 0 Å². The molecule has 1 fully saturated rings. The molecule has 0 spiro atoms. The minimum Gasteiger partial charge on any atom is -0.314 e. The van der Waals surface area contributed by atoms with Gasteiger partial charge in [-0.2, -0.15) is 13.2 Å². The number of benzene rings is 1. The van der Waals surface area contributed by atoms with Crippen molar-refractivity contribution in [2.45, 2.75) is 44.3 Å². The second kappa shape index (κ2) is 5.95. The Morgan fingerprint density at radius 3 is 2.53 bits per heavy atom. The van der Waals surface area contributed by atoms with Crippen LogP contribution in [0.1, 0.15) is 37.7 Å². The monoisotopic (exact) mass is 271 g/mol. The van der Waals surface area contributed by atoms with Gasteiger partial charge in [-0.3, -0.25) is 0 Å². The van der Waals surface area contributed by atoms with Gasteiger partial charge < -0.3 is 5.32 Å². The summed E-state index contributed by atoms with van der Waals surface area (Å²) in [5, 5.41) is 3.22. The van der Waals surface area contributed by atoms with Crippen molar-refractivity contribution in [1.29, 1.82) is 0 Å². The van der Waals surface area contributed by atoms with E-state index in [1.165, 1.54) is 5.56 Å². The predicted molar refractivity (Wildman–Crippen MR) is 70.0 cm³/mol. The predicted octanol–water partition coefficient (Wildman–Crippen LogP) is 4.11. The van der Waals surface area contributed by atoms with Crippen LogP contribution in [0.4, 0.5) is 13.2 Å². The minimum atomic E-state index is -4.05. The Morgan fingerprint density at radius 1 is 1.26 bits per heavy atom. The average Bonchev–Trinajstić information content (AvgIpc) is 3.14. The van der Waals surface area contributed by atoms with Crippen molar-refractivity contribution in [1.82, 2.24) is 5.32 Å². The normalized spacial score (nSPS) is 24.2. The van der Waals surface area contributed by atoms with Crippen molar-refractivity contribution in [3.8, 4) is 0 Å². The van der Waals surface area contributed by atoms with Crippen molar-refractivity contribution in [3.63, 3.8) is 0 Å². The third-order valence-electron chi connectivity index (χ3n) is 3.79. The molecule has 106 valence electrons. The van der Waals surface area contributed by atoms with E-state index in [-0.39, 0.29) is 12.5 Å². The molecule has 2 rings (SSSR count). The van der Waals surface area contributed by atoms with E-state index in [2.05, 4.69) is 17.4 Å². The van der Waals surface area contributed by atoms with Gasteiger partial charge in [0.15, 0.2) is 0 Å². The van der Waals surface area contributed by atoms with Crippen LogP contribution in [-0.4, -0.2) is 18.8 Å². The fraction of sp³-hybridized carbons (Fsp3) is 0.600. The van der Waals surface area contributed by atoms with E-state index in [4.69, 9.17) is 0 Å². The molecule has 0 bridgehead atoms. The molecular weight excluding hydrogens is 251 g/mol. The fourth-order valence-electron chi connectivity index (χ4n) is 2.79. The van der Waals surface area contributed by atoms with Crippen LogP contribution in [0.2, 0.25) is 0 Å². The number of halogens is 3. The Bertz CT molecular complexity index is 388. The van der Waals surface area contributed by atoms with Crippen LogP contribution in [0.3, 0.4) is 0 Å². The molecule has 0 aliphatic heterocycles. The zero-order chi connectivity index (χ0) is 13.9. The van der Waals surface area contributed by atoms with Crippen LogP contribution in [0, 0.1) is 5.92 Å². The van der Waals surface area contributed by atoms with E-state index < -0.39 is 12.6 Å². The van der Waals surface area contributed by atoms with Crippen molar-refractivity contribution < 1.29 is 13.2 Å². The molecule has 1 aromatic carbocycles. The van der Waals surface area contributed by atoms with E-state index in [0.717, 1.165) is 13.0 Å². The zero-order valence-electron chi connectivity index (χ0n) is 11.1. The number of rotatable bonds is 6. The van der Waals surface area contributed by atoms with E-state index in [9.17, 15) is 13.2 Å². The molecule has 0 heterocycles. The first kappa shape index (κ1) is 14.4. The molecule has 0 amide bonds. The van der Waals surface area contributed by atoms with Gasteiger partial charge in [-0.05, 0) is 36.8 Å². The smallest absolute Gasteiger partial charge is 0.314 e. The highest BCUT2D eigenvalue weighted by atomic mass is 19.4. The fourth-order valence-corrected chi connectivity index (χ4v) is 2.79. The van der Waals surface area contributed by atoms with Crippen LogP contribution < -0.4 is 5.32 Å². The lowest BCUT2D eigenvalue weighted by molar-refractivity contribution is -0.136. The van der Waals surface area contributed by atoms with Gasteiger partial charge in [0.2, 0.25) is 0 Å². The largest absolute Gasteiger partial charge is 0.389 e. The highest BCUT2D eigenvalue weighted by molar-refractivity contribution is 5.26. The topological polar surface area (TPSA) is 12.0 Å². The lowest BCUT2D eigenvalue weighted by Gasteiger charge is -2.19. The summed E-state index contributed by atoms with van der Waals surface area (Å²) < 4.78 is 37.0. The Kier molecular flexibility index (Phi) is 4.50. The number of hydrogen-bond acceptors (Lipinski definition) is 1. The van der Waals surface area contributed by atoms with Gasteiger partial charge in [0.1, 0.15) is 0 Å². The summed E-state index contributed by atoms with van der Waals surface area (Å²) in [6.07, 6.45) is -3.56. The summed E-state index contributed by atoms with van der Waals surface area (Å²) >= 11 is 0. The van der Waals surface area contributed by atoms with Gasteiger partial charge in [-0.1, -0.05) is 37.3 Å². The minimum absolute atomic E-state index is 0.0168. The van der Waals surface area contributed by atoms with Crippen molar-refractivity contribution in [2.75, 3.05) is 6.54 Å². The SMILES string of the molecule is CCNC(CCC(F)(F)F)C1CC1c1ccccc1. The van der Waals surface area contributed by atoms with E-state index in [1.54, 1.807) is 0 Å². The number of hydrogen-bond donors (Lipinski definition) is 1. The summed E-state index contributed by atoms with van der Waals surface area (Å²) in [6.45, 7) is 2.67. The molecule has 1 nitrogen and oxygen atoms in total. The van der Waals surface area contributed by atoms with Crippen LogP contribution in [0.5, 0.6) is 0 Å². The Labute approximate surface area is 112 Å². The second-order valence-electron chi connectivity index (χ2n) is 5.23. The van der Waals surface area contributed by atoms with E-state index in [1.807, 2.05) is 25.1 Å². The van der Waals surface area contributed by atoms with Gasteiger partial charge in [0.25, 0.3) is 0 Å². The van der Waals surface area contributed by atoms with Crippen molar-refractivity contribution >= 4 is 0 Å². The maximum atomic E-state index is 12.3. The highest BCUT2D eigenvalue weighted by Crippen LogP contribution is 2.50. The third-order valence-corrected chi connectivity index (χ3v) is 3.79. The van der Waals surface area contributed by atoms with E-state index >= 15 is 0 Å². The van der Waals surface area contributed by atoms with Crippen LogP contribution in [0.25, 0.3) is 0 Å². The Morgan fingerprint density at radius 2 is 1.95 bits per heavy atom. The average molecular weight is 271 g/mol. The maximum absolute atomic E-state index is 12.3. The molecular formula is C15H20F3N. The van der Waals surface area contributed by atoms with E-state index in [0.29, 0.717) is 11.8 Å². The molecule has 1 aromatic rings. The summed E-state index contributed by atoms with van der Waals surface area (Å²) in [5.74, 6) is 0.781. The third kappa shape index (κ3) is 4.23. The quantitative estimate of drug-likeness (QED) is 0.821. The molecule has 1 saturated carbocycles. The molecule has 4 heteroatoms. The van der Waals surface area contributed by atoms with Gasteiger partial charge in [0, 0.05) is 12.5 Å². The van der Waals surface area contributed by atoms with Gasteiger partial charge in [0.05, 0.1) is 0 Å². The maximum Gasteiger partial charge on any atom is 0.389 e. The summed E-state index contributed by atoms with van der Waals surface area (Å²) in [7, 11) is 0. The summed E-state index contributed by atoms with van der Waals surface area (Å²) in [4.78, 5) is 0. The van der Waals surface area contributed by atoms with Gasteiger partial charge in [-0.25, -0.2) is 0 Å². The van der Waals surface area contributed by atoms with Gasteiger partial charge in [-0.15, -0.1) is 0 Å². The molecule has 1 aliphatic rings. The lowest BCUT2D eigenvalue weighted by Crippen LogP contribution is -2.32. The molecule has 1 N–H and O–H groups in total. The van der Waals surface area contributed by atoms with Crippen LogP contribution >= 0.6 is 0 Å². The molecule has 1 aliphatic carbocycles. The number of nitrogens with one attached hydrogen (secondary N) is 1. The van der Waals surface area contributed by atoms with Gasteiger partial charge >= 0.3 is 6.18 Å². The molecule has 0 aromatic heterocycles. The molecule has 3 atom stereocenters. The molecule has 3 unspecified atom stereocenters. The summed E-state index contributed by atoms with van der Waals surface area (Å²) in [5.41, 5.74) is 1.25. The summed E-state index contributed by atoms with van der Waals surface area (Å²) in [6, 6.07) is 10.1. The first-order valence-corrected chi connectivity index (χ1v) is 6.86. The first-order valence-electron chi connectivity index (χ1n) is 6.86. The van der Waals surface area contributed by atoms with Crippen molar-refractivity contribution in [2.24, 2.45) is 5.92 Å². The molecule has 0 radical (unpaired) electrons. The number of alkyl halides is 3. The lowest BCUT2D eigenvalue weighted by atomic mass is 10.0. The van der Waals surface area contributed by atoms with Crippen LogP contribution in [0.15, 0.2) is 30.3 Å². The molecule has 0 saturated heterocycles. The Balaban J connectivity index is 1.91.